The van der Waals surface area contributed by atoms with Crippen LogP contribution in [0.25, 0.3) is 0 Å². The maximum atomic E-state index is 10.7. The minimum Gasteiger partial charge on any atom is -0.508 e. The Hall–Kier alpha value is -1.06. The highest BCUT2D eigenvalue weighted by Crippen LogP contribution is 2.44. The summed E-state index contributed by atoms with van der Waals surface area (Å²) in [5, 5.41) is 10.7. The summed E-state index contributed by atoms with van der Waals surface area (Å²) in [6.45, 7) is 13.8. The Morgan fingerprint density at radius 3 is 1.60 bits per heavy atom. The summed E-state index contributed by atoms with van der Waals surface area (Å²) in [4.78, 5) is 0. The van der Waals surface area contributed by atoms with Gasteiger partial charge in [0, 0.05) is 6.42 Å². The Balaban J connectivity index is 1.53. The van der Waals surface area contributed by atoms with Crippen molar-refractivity contribution >= 4 is 0 Å². The summed E-state index contributed by atoms with van der Waals surface area (Å²) < 4.78 is 13.0. The van der Waals surface area contributed by atoms with Gasteiger partial charge in [-0.05, 0) is 99.7 Å². The Bertz CT molecular complexity index is 744. The van der Waals surface area contributed by atoms with Crippen molar-refractivity contribution in [3.63, 3.8) is 0 Å². The molecule has 1 aromatic rings. The minimum absolute atomic E-state index is 0.105. The second kappa shape index (κ2) is 13.0. The maximum Gasteiger partial charge on any atom is 0.119 e. The van der Waals surface area contributed by atoms with Crippen LogP contribution in [0.3, 0.4) is 0 Å². The first kappa shape index (κ1) is 28.5. The summed E-state index contributed by atoms with van der Waals surface area (Å²) in [6.07, 6.45) is 17.6. The molecule has 0 aliphatic heterocycles. The summed E-state index contributed by atoms with van der Waals surface area (Å²) in [7, 11) is 0. The van der Waals surface area contributed by atoms with Gasteiger partial charge in [0.2, 0.25) is 0 Å². The molecule has 3 rings (SSSR count). The molecule has 1 aromatic carbocycles. The number of hydrogen-bond acceptors (Lipinski definition) is 3. The van der Waals surface area contributed by atoms with E-state index in [0.29, 0.717) is 28.8 Å². The van der Waals surface area contributed by atoms with Crippen LogP contribution in [0.4, 0.5) is 0 Å². The lowest BCUT2D eigenvalue weighted by atomic mass is 9.70. The van der Waals surface area contributed by atoms with Crippen molar-refractivity contribution in [2.24, 2.45) is 10.8 Å². The number of benzene rings is 1. The van der Waals surface area contributed by atoms with Gasteiger partial charge in [0.1, 0.15) is 5.75 Å². The minimum atomic E-state index is 0.105. The molecule has 0 spiro atoms. The van der Waals surface area contributed by atoms with Crippen molar-refractivity contribution in [2.75, 3.05) is 0 Å². The van der Waals surface area contributed by atoms with Crippen molar-refractivity contribution in [3.05, 3.63) is 29.3 Å². The van der Waals surface area contributed by atoms with Crippen LogP contribution >= 0.6 is 0 Å². The van der Waals surface area contributed by atoms with Crippen LogP contribution in [-0.4, -0.2) is 29.5 Å². The Morgan fingerprint density at radius 1 is 0.743 bits per heavy atom. The molecule has 0 amide bonds. The monoisotopic (exact) mass is 486 g/mol. The molecule has 2 aliphatic carbocycles. The molecule has 0 heterocycles. The van der Waals surface area contributed by atoms with E-state index < -0.39 is 0 Å². The van der Waals surface area contributed by atoms with Crippen LogP contribution in [0.15, 0.2) is 18.2 Å². The molecular weight excluding hydrogens is 432 g/mol. The fourth-order valence-corrected chi connectivity index (χ4v) is 6.99. The number of rotatable bonds is 12. The highest BCUT2D eigenvalue weighted by Gasteiger charge is 2.34. The molecule has 0 radical (unpaired) electrons. The first-order valence-electron chi connectivity index (χ1n) is 14.9. The van der Waals surface area contributed by atoms with Gasteiger partial charge in [-0.3, -0.25) is 0 Å². The fraction of sp³-hybridized carbons (Fsp3) is 0.812. The smallest absolute Gasteiger partial charge is 0.119 e. The number of phenolic OH excluding ortho intramolecular Hbond substituents is 1. The van der Waals surface area contributed by atoms with Crippen molar-refractivity contribution in [3.8, 4) is 5.75 Å². The van der Waals surface area contributed by atoms with Gasteiger partial charge in [-0.15, -0.1) is 0 Å². The summed E-state index contributed by atoms with van der Waals surface area (Å²) >= 11 is 0. The van der Waals surface area contributed by atoms with Crippen molar-refractivity contribution in [1.82, 2.24) is 0 Å². The largest absolute Gasteiger partial charge is 0.508 e. The zero-order valence-corrected chi connectivity index (χ0v) is 23.7. The molecule has 3 heteroatoms. The van der Waals surface area contributed by atoms with Gasteiger partial charge >= 0.3 is 0 Å². The fourth-order valence-electron chi connectivity index (χ4n) is 6.99. The van der Waals surface area contributed by atoms with Gasteiger partial charge in [0.15, 0.2) is 0 Å². The highest BCUT2D eigenvalue weighted by atomic mass is 16.5. The molecule has 2 unspecified atom stereocenters. The number of aromatic hydroxyl groups is 1. The first-order valence-corrected chi connectivity index (χ1v) is 14.9. The average Bonchev–Trinajstić information content (AvgIpc) is 2.87. The normalized spacial score (nSPS) is 22.7. The number of hydrogen-bond donors (Lipinski definition) is 1. The second-order valence-corrected chi connectivity index (χ2v) is 12.0. The molecule has 2 aliphatic rings. The number of ether oxygens (including phenoxy) is 2. The van der Waals surface area contributed by atoms with Gasteiger partial charge in [-0.2, -0.15) is 0 Å². The SMILES string of the molecule is CCC1(CC)CCC(OC(C)Cc2cccc(O)c2CC(C)OC2CCC(CC)(CC)CC2)CC1. The molecule has 1 N–H and O–H groups in total. The molecular formula is C32H54O3. The zero-order valence-electron chi connectivity index (χ0n) is 23.7. The maximum absolute atomic E-state index is 10.7. The van der Waals surface area contributed by atoms with E-state index in [1.807, 2.05) is 12.1 Å². The van der Waals surface area contributed by atoms with Crippen LogP contribution in [0, 0.1) is 10.8 Å². The molecule has 2 fully saturated rings. The Labute approximate surface area is 216 Å². The topological polar surface area (TPSA) is 38.7 Å². The van der Waals surface area contributed by atoms with Crippen molar-refractivity contribution in [1.29, 1.82) is 0 Å². The molecule has 2 atom stereocenters. The van der Waals surface area contributed by atoms with Gasteiger partial charge < -0.3 is 14.6 Å². The third kappa shape index (κ3) is 7.48. The van der Waals surface area contributed by atoms with E-state index in [2.05, 4.69) is 47.6 Å². The third-order valence-electron chi connectivity index (χ3n) is 10.1. The Kier molecular flexibility index (Phi) is 10.5. The lowest BCUT2D eigenvalue weighted by Gasteiger charge is -2.40. The van der Waals surface area contributed by atoms with Crippen LogP contribution in [0.2, 0.25) is 0 Å². The lowest BCUT2D eigenvalue weighted by molar-refractivity contribution is -0.0457. The lowest BCUT2D eigenvalue weighted by Crippen LogP contribution is -2.33. The predicted molar refractivity (Wildman–Crippen MR) is 147 cm³/mol. The van der Waals surface area contributed by atoms with Gasteiger partial charge in [0.25, 0.3) is 0 Å². The standard InChI is InChI=1S/C32H54O3/c1-7-31(8-2)18-14-27(15-19-31)34-24(5)22-26-12-11-13-30(33)29(26)23-25(6)35-28-16-20-32(9-3,10-4)21-17-28/h11-13,24-25,27-28,33H,7-10,14-23H2,1-6H3. The second-order valence-electron chi connectivity index (χ2n) is 12.0. The van der Waals surface area contributed by atoms with Crippen LogP contribution < -0.4 is 0 Å². The molecule has 200 valence electrons. The molecule has 35 heavy (non-hydrogen) atoms. The summed E-state index contributed by atoms with van der Waals surface area (Å²) in [5.41, 5.74) is 3.34. The third-order valence-corrected chi connectivity index (χ3v) is 10.1. The zero-order chi connectivity index (χ0) is 25.5. The average molecular weight is 487 g/mol. The van der Waals surface area contributed by atoms with Gasteiger partial charge in [-0.1, -0.05) is 65.5 Å². The van der Waals surface area contributed by atoms with E-state index in [0.717, 1.165) is 18.4 Å². The summed E-state index contributed by atoms with van der Waals surface area (Å²) in [5.74, 6) is 0.401. The Morgan fingerprint density at radius 2 is 1.17 bits per heavy atom. The van der Waals surface area contributed by atoms with Crippen LogP contribution in [0.1, 0.15) is 130 Å². The van der Waals surface area contributed by atoms with E-state index in [1.54, 1.807) is 0 Å². The molecule has 0 saturated heterocycles. The van der Waals surface area contributed by atoms with E-state index >= 15 is 0 Å². The molecule has 0 aromatic heterocycles. The summed E-state index contributed by atoms with van der Waals surface area (Å²) in [6, 6.07) is 5.96. The number of phenols is 1. The molecule has 2 saturated carbocycles. The van der Waals surface area contributed by atoms with Gasteiger partial charge in [0.05, 0.1) is 24.4 Å². The first-order chi connectivity index (χ1) is 16.8. The molecule has 0 bridgehead atoms. The molecule has 3 nitrogen and oxygen atoms in total. The predicted octanol–water partition coefficient (Wildman–Crippen LogP) is 8.79. The van der Waals surface area contributed by atoms with Crippen LogP contribution in [0.5, 0.6) is 5.75 Å². The quantitative estimate of drug-likeness (QED) is 0.321. The van der Waals surface area contributed by atoms with E-state index in [-0.39, 0.29) is 12.2 Å². The van der Waals surface area contributed by atoms with Crippen LogP contribution in [-0.2, 0) is 22.3 Å². The van der Waals surface area contributed by atoms with Crippen molar-refractivity contribution in [2.45, 2.75) is 156 Å². The highest BCUT2D eigenvalue weighted by molar-refractivity contribution is 5.40. The van der Waals surface area contributed by atoms with Gasteiger partial charge in [-0.25, -0.2) is 0 Å². The van der Waals surface area contributed by atoms with Crippen molar-refractivity contribution < 1.29 is 14.6 Å². The van der Waals surface area contributed by atoms with E-state index in [1.165, 1.54) is 82.6 Å². The van der Waals surface area contributed by atoms with E-state index in [9.17, 15) is 5.11 Å². The van der Waals surface area contributed by atoms with E-state index in [4.69, 9.17) is 9.47 Å².